The standard InChI is InChI=1S/C20H26O4/c1-12-13-10-8-9-11-14(13)16(18(22)24-20(5,6)7)15(12)17(21)23-19(2,3)4/h8-11,16H,1-7H3. The summed E-state index contributed by atoms with van der Waals surface area (Å²) in [7, 11) is 0. The van der Waals surface area contributed by atoms with E-state index >= 15 is 0 Å². The molecule has 130 valence electrons. The van der Waals surface area contributed by atoms with E-state index in [1.54, 1.807) is 0 Å². The van der Waals surface area contributed by atoms with E-state index in [0.29, 0.717) is 5.57 Å². The predicted octanol–water partition coefficient (Wildman–Crippen LogP) is 4.24. The first kappa shape index (κ1) is 18.2. The lowest BCUT2D eigenvalue weighted by molar-refractivity contribution is -0.159. The van der Waals surface area contributed by atoms with E-state index in [4.69, 9.17) is 9.47 Å². The Bertz CT molecular complexity index is 699. The maximum atomic E-state index is 12.8. The van der Waals surface area contributed by atoms with E-state index in [2.05, 4.69) is 0 Å². The van der Waals surface area contributed by atoms with Crippen molar-refractivity contribution in [2.75, 3.05) is 0 Å². The molecule has 2 rings (SSSR count). The molecule has 1 aliphatic rings. The van der Waals surface area contributed by atoms with E-state index in [9.17, 15) is 9.59 Å². The van der Waals surface area contributed by atoms with E-state index < -0.39 is 29.1 Å². The highest BCUT2D eigenvalue weighted by molar-refractivity contribution is 6.09. The molecule has 0 aromatic heterocycles. The van der Waals surface area contributed by atoms with Crippen LogP contribution in [0.15, 0.2) is 29.8 Å². The number of fused-ring (bicyclic) bond motifs is 1. The van der Waals surface area contributed by atoms with Crippen LogP contribution in [0.3, 0.4) is 0 Å². The van der Waals surface area contributed by atoms with Gasteiger partial charge in [0.25, 0.3) is 0 Å². The van der Waals surface area contributed by atoms with Gasteiger partial charge in [-0.2, -0.15) is 0 Å². The Morgan fingerprint density at radius 2 is 1.46 bits per heavy atom. The summed E-state index contributed by atoms with van der Waals surface area (Å²) in [5.74, 6) is -1.63. The summed E-state index contributed by atoms with van der Waals surface area (Å²) in [4.78, 5) is 25.5. The fraction of sp³-hybridized carbons (Fsp3) is 0.500. The molecule has 24 heavy (non-hydrogen) atoms. The Labute approximate surface area is 143 Å². The van der Waals surface area contributed by atoms with Gasteiger partial charge in [-0.1, -0.05) is 24.3 Å². The minimum absolute atomic E-state index is 0.375. The van der Waals surface area contributed by atoms with E-state index in [-0.39, 0.29) is 0 Å². The molecule has 1 aromatic carbocycles. The zero-order valence-electron chi connectivity index (χ0n) is 15.5. The molecule has 0 heterocycles. The van der Waals surface area contributed by atoms with Crippen molar-refractivity contribution >= 4 is 17.5 Å². The van der Waals surface area contributed by atoms with Crippen LogP contribution >= 0.6 is 0 Å². The van der Waals surface area contributed by atoms with E-state index in [1.807, 2.05) is 72.7 Å². The molecule has 0 amide bonds. The molecular weight excluding hydrogens is 304 g/mol. The second-order valence-electron chi connectivity index (χ2n) is 8.09. The van der Waals surface area contributed by atoms with Crippen LogP contribution < -0.4 is 0 Å². The minimum Gasteiger partial charge on any atom is -0.459 e. The quantitative estimate of drug-likeness (QED) is 0.761. The summed E-state index contributed by atoms with van der Waals surface area (Å²) in [6.07, 6.45) is 0. The smallest absolute Gasteiger partial charge is 0.336 e. The Hall–Kier alpha value is -2.10. The molecule has 1 unspecified atom stereocenters. The Morgan fingerprint density at radius 1 is 0.917 bits per heavy atom. The molecule has 4 nitrogen and oxygen atoms in total. The zero-order valence-corrected chi connectivity index (χ0v) is 15.5. The van der Waals surface area contributed by atoms with Crippen molar-refractivity contribution < 1.29 is 19.1 Å². The van der Waals surface area contributed by atoms with Gasteiger partial charge < -0.3 is 9.47 Å². The number of esters is 2. The highest BCUT2D eigenvalue weighted by Gasteiger charge is 2.42. The lowest BCUT2D eigenvalue weighted by atomic mass is 9.95. The maximum absolute atomic E-state index is 12.8. The normalized spacial score (nSPS) is 17.5. The molecule has 1 aromatic rings. The SMILES string of the molecule is CC1=C(C(=O)OC(C)(C)C)C(C(=O)OC(C)(C)C)c2ccccc21. The van der Waals surface area contributed by atoms with Crippen molar-refractivity contribution in [1.29, 1.82) is 0 Å². The second kappa shape index (κ2) is 6.08. The summed E-state index contributed by atoms with van der Waals surface area (Å²) in [5, 5.41) is 0. The lowest BCUT2D eigenvalue weighted by Gasteiger charge is -2.25. The van der Waals surface area contributed by atoms with Gasteiger partial charge in [-0.15, -0.1) is 0 Å². The minimum atomic E-state index is -0.740. The first-order chi connectivity index (χ1) is 10.9. The van der Waals surface area contributed by atoms with Gasteiger partial charge in [0, 0.05) is 0 Å². The Kier molecular flexibility index (Phi) is 4.62. The number of carbonyl (C=O) groups excluding carboxylic acids is 2. The molecule has 1 atom stereocenters. The van der Waals surface area contributed by atoms with E-state index in [0.717, 1.165) is 16.7 Å². The number of hydrogen-bond donors (Lipinski definition) is 0. The molecule has 0 N–H and O–H groups in total. The fourth-order valence-electron chi connectivity index (χ4n) is 2.82. The van der Waals surface area contributed by atoms with Crippen molar-refractivity contribution in [2.24, 2.45) is 0 Å². The molecule has 0 saturated heterocycles. The molecule has 0 aliphatic heterocycles. The number of rotatable bonds is 2. The van der Waals surface area contributed by atoms with Gasteiger partial charge in [0.2, 0.25) is 0 Å². The van der Waals surface area contributed by atoms with Gasteiger partial charge in [0.05, 0.1) is 5.57 Å². The summed E-state index contributed by atoms with van der Waals surface area (Å²) < 4.78 is 11.1. The van der Waals surface area contributed by atoms with Crippen molar-refractivity contribution in [3.8, 4) is 0 Å². The average Bonchev–Trinajstić information content (AvgIpc) is 2.69. The van der Waals surface area contributed by atoms with Crippen LogP contribution in [0.2, 0.25) is 0 Å². The van der Waals surface area contributed by atoms with Crippen LogP contribution in [0.5, 0.6) is 0 Å². The molecule has 0 bridgehead atoms. The third-order valence-electron chi connectivity index (χ3n) is 3.63. The monoisotopic (exact) mass is 330 g/mol. The number of allylic oxidation sites excluding steroid dienone is 1. The summed E-state index contributed by atoms with van der Waals surface area (Å²) in [5.41, 5.74) is 1.59. The van der Waals surface area contributed by atoms with Crippen LogP contribution in [-0.4, -0.2) is 23.1 Å². The fourth-order valence-corrected chi connectivity index (χ4v) is 2.82. The summed E-state index contributed by atoms with van der Waals surface area (Å²) >= 11 is 0. The second-order valence-corrected chi connectivity index (χ2v) is 8.09. The van der Waals surface area contributed by atoms with Crippen molar-refractivity contribution in [3.05, 3.63) is 41.0 Å². The van der Waals surface area contributed by atoms with Crippen molar-refractivity contribution in [2.45, 2.75) is 65.6 Å². The molecule has 0 saturated carbocycles. The van der Waals surface area contributed by atoms with Gasteiger partial charge in [-0.05, 0) is 65.2 Å². The van der Waals surface area contributed by atoms with Gasteiger partial charge >= 0.3 is 11.9 Å². The molecule has 0 spiro atoms. The molecule has 4 heteroatoms. The first-order valence-corrected chi connectivity index (χ1v) is 8.17. The number of carbonyl (C=O) groups is 2. The Balaban J connectivity index is 2.48. The van der Waals surface area contributed by atoms with Gasteiger partial charge in [-0.3, -0.25) is 4.79 Å². The zero-order chi connectivity index (χ0) is 18.3. The third-order valence-corrected chi connectivity index (χ3v) is 3.63. The average molecular weight is 330 g/mol. The van der Waals surface area contributed by atoms with E-state index in [1.165, 1.54) is 0 Å². The van der Waals surface area contributed by atoms with Crippen LogP contribution in [0.4, 0.5) is 0 Å². The first-order valence-electron chi connectivity index (χ1n) is 8.17. The highest BCUT2D eigenvalue weighted by atomic mass is 16.6. The Morgan fingerprint density at radius 3 is 2.00 bits per heavy atom. The van der Waals surface area contributed by atoms with Crippen molar-refractivity contribution in [3.63, 3.8) is 0 Å². The number of hydrogen-bond acceptors (Lipinski definition) is 4. The van der Waals surface area contributed by atoms with Crippen molar-refractivity contribution in [1.82, 2.24) is 0 Å². The molecule has 0 radical (unpaired) electrons. The molecule has 0 fully saturated rings. The van der Waals surface area contributed by atoms with Crippen LogP contribution in [0, 0.1) is 0 Å². The molecule has 1 aliphatic carbocycles. The summed E-state index contributed by atoms with van der Waals surface area (Å²) in [6, 6.07) is 7.54. The van der Waals surface area contributed by atoms with Crippen LogP contribution in [0.25, 0.3) is 5.57 Å². The van der Waals surface area contributed by atoms with Gasteiger partial charge in [-0.25, -0.2) is 4.79 Å². The summed E-state index contributed by atoms with van der Waals surface area (Å²) in [6.45, 7) is 12.7. The van der Waals surface area contributed by atoms with Gasteiger partial charge in [0.15, 0.2) is 0 Å². The largest absolute Gasteiger partial charge is 0.459 e. The number of ether oxygens (including phenoxy) is 2. The highest BCUT2D eigenvalue weighted by Crippen LogP contribution is 2.43. The number of benzene rings is 1. The third kappa shape index (κ3) is 3.86. The lowest BCUT2D eigenvalue weighted by Crippen LogP contribution is -2.31. The topological polar surface area (TPSA) is 52.6 Å². The van der Waals surface area contributed by atoms with Crippen LogP contribution in [-0.2, 0) is 19.1 Å². The molecular formula is C20H26O4. The van der Waals surface area contributed by atoms with Crippen LogP contribution in [0.1, 0.15) is 65.5 Å². The van der Waals surface area contributed by atoms with Gasteiger partial charge in [0.1, 0.15) is 17.1 Å². The predicted molar refractivity (Wildman–Crippen MR) is 93.5 cm³/mol. The maximum Gasteiger partial charge on any atom is 0.336 e.